The van der Waals surface area contributed by atoms with Crippen LogP contribution in [0.1, 0.15) is 18.1 Å². The van der Waals surface area contributed by atoms with Crippen molar-refractivity contribution in [2.24, 2.45) is 0 Å². The van der Waals surface area contributed by atoms with Crippen molar-refractivity contribution in [1.29, 1.82) is 0 Å². The van der Waals surface area contributed by atoms with E-state index < -0.39 is 0 Å². The summed E-state index contributed by atoms with van der Waals surface area (Å²) < 4.78 is 1.65. The van der Waals surface area contributed by atoms with Gasteiger partial charge in [0.25, 0.3) is 0 Å². The van der Waals surface area contributed by atoms with Gasteiger partial charge >= 0.3 is 0 Å². The molecule has 4 aromatic rings. The first-order valence-electron chi connectivity index (χ1n) is 10.8. The number of para-hydroxylation sites is 1. The second-order valence-electron chi connectivity index (χ2n) is 7.99. The number of carbonyl (C=O) groups excluding carboxylic acids is 2. The molecule has 2 heterocycles. The lowest BCUT2D eigenvalue weighted by Crippen LogP contribution is -2.30. The van der Waals surface area contributed by atoms with E-state index in [9.17, 15) is 9.59 Å². The maximum absolute atomic E-state index is 12.8. The Morgan fingerprint density at radius 3 is 2.39 bits per heavy atom. The Balaban J connectivity index is 1.55. The number of aromatic nitrogens is 3. The second kappa shape index (κ2) is 8.70. The predicted molar refractivity (Wildman–Crippen MR) is 126 cm³/mol. The normalized spacial score (nSPS) is 12.1. The molecule has 0 radical (unpaired) electrons. The number of hydrogen-bond donors (Lipinski definition) is 1. The van der Waals surface area contributed by atoms with E-state index in [4.69, 9.17) is 0 Å². The topological polar surface area (TPSA) is 80.1 Å². The van der Waals surface area contributed by atoms with E-state index in [1.165, 1.54) is 0 Å². The SMILES string of the molecule is CC(=O)N1Cc2ccccc2-c2c(nnn2CC(=O)NCc2ccccc2)-c2ccccc21. The van der Waals surface area contributed by atoms with E-state index in [0.717, 1.165) is 33.6 Å². The van der Waals surface area contributed by atoms with E-state index in [0.29, 0.717) is 18.8 Å². The molecule has 7 nitrogen and oxygen atoms in total. The fourth-order valence-electron chi connectivity index (χ4n) is 4.20. The van der Waals surface area contributed by atoms with Crippen molar-refractivity contribution in [3.8, 4) is 22.5 Å². The Hall–Kier alpha value is -4.26. The summed E-state index contributed by atoms with van der Waals surface area (Å²) in [6.07, 6.45) is 0. The largest absolute Gasteiger partial charge is 0.350 e. The fraction of sp³-hybridized carbons (Fsp3) is 0.154. The Bertz CT molecular complexity index is 1330. The van der Waals surface area contributed by atoms with Crippen LogP contribution in [-0.2, 0) is 29.2 Å². The summed E-state index contributed by atoms with van der Waals surface area (Å²) in [7, 11) is 0. The molecule has 33 heavy (non-hydrogen) atoms. The lowest BCUT2D eigenvalue weighted by atomic mass is 9.95. The van der Waals surface area contributed by atoms with Gasteiger partial charge in [0.15, 0.2) is 0 Å². The molecule has 5 rings (SSSR count). The van der Waals surface area contributed by atoms with Gasteiger partial charge in [-0.25, -0.2) is 4.68 Å². The lowest BCUT2D eigenvalue weighted by molar-refractivity contribution is -0.122. The zero-order valence-electron chi connectivity index (χ0n) is 18.2. The predicted octanol–water partition coefficient (Wildman–Crippen LogP) is 3.80. The first-order chi connectivity index (χ1) is 16.1. The van der Waals surface area contributed by atoms with E-state index in [-0.39, 0.29) is 18.4 Å². The molecule has 1 aliphatic rings. The highest BCUT2D eigenvalue weighted by Gasteiger charge is 2.28. The standard InChI is InChI=1S/C26H23N5O2/c1-18(32)30-16-20-11-5-6-12-21(20)26-25(22-13-7-8-14-23(22)30)28-29-31(26)17-24(33)27-15-19-9-3-2-4-10-19/h2-14H,15-17H2,1H3,(H,27,33). The van der Waals surface area contributed by atoms with Crippen LogP contribution < -0.4 is 10.2 Å². The molecule has 0 unspecified atom stereocenters. The van der Waals surface area contributed by atoms with Gasteiger partial charge in [0, 0.05) is 24.6 Å². The van der Waals surface area contributed by atoms with Gasteiger partial charge in [0.05, 0.1) is 17.9 Å². The number of nitrogens with one attached hydrogen (secondary N) is 1. The summed E-state index contributed by atoms with van der Waals surface area (Å²) in [5.41, 5.74) is 5.93. The van der Waals surface area contributed by atoms with Gasteiger partial charge in [0.2, 0.25) is 11.8 Å². The van der Waals surface area contributed by atoms with E-state index in [1.54, 1.807) is 16.5 Å². The number of benzene rings is 3. The molecule has 0 fully saturated rings. The minimum absolute atomic E-state index is 0.0437. The molecular weight excluding hydrogens is 414 g/mol. The van der Waals surface area contributed by atoms with Crippen LogP contribution in [0.3, 0.4) is 0 Å². The van der Waals surface area contributed by atoms with Crippen molar-refractivity contribution in [2.45, 2.75) is 26.6 Å². The minimum Gasteiger partial charge on any atom is -0.350 e. The van der Waals surface area contributed by atoms with Crippen molar-refractivity contribution in [3.63, 3.8) is 0 Å². The van der Waals surface area contributed by atoms with Crippen molar-refractivity contribution in [2.75, 3.05) is 4.90 Å². The molecule has 7 heteroatoms. The first-order valence-corrected chi connectivity index (χ1v) is 10.8. The van der Waals surface area contributed by atoms with Crippen LogP contribution in [0.4, 0.5) is 5.69 Å². The highest BCUT2D eigenvalue weighted by molar-refractivity contribution is 5.99. The van der Waals surface area contributed by atoms with Gasteiger partial charge in [0.1, 0.15) is 12.2 Å². The Morgan fingerprint density at radius 2 is 1.61 bits per heavy atom. The zero-order chi connectivity index (χ0) is 22.8. The summed E-state index contributed by atoms with van der Waals surface area (Å²) >= 11 is 0. The van der Waals surface area contributed by atoms with Crippen LogP contribution in [0, 0.1) is 0 Å². The average molecular weight is 438 g/mol. The number of rotatable bonds is 4. The second-order valence-corrected chi connectivity index (χ2v) is 7.99. The van der Waals surface area contributed by atoms with Crippen LogP contribution in [0.25, 0.3) is 22.5 Å². The summed E-state index contributed by atoms with van der Waals surface area (Å²) in [4.78, 5) is 27.0. The molecule has 0 saturated heterocycles. The molecule has 1 aromatic heterocycles. The number of nitrogens with zero attached hydrogens (tertiary/aromatic N) is 4. The van der Waals surface area contributed by atoms with E-state index >= 15 is 0 Å². The average Bonchev–Trinajstić information content (AvgIpc) is 3.23. The Kier molecular flexibility index (Phi) is 5.44. The van der Waals surface area contributed by atoms with Gasteiger partial charge in [-0.2, -0.15) is 0 Å². The van der Waals surface area contributed by atoms with Crippen molar-refractivity contribution in [3.05, 3.63) is 90.0 Å². The van der Waals surface area contributed by atoms with Crippen LogP contribution in [-0.4, -0.2) is 26.8 Å². The van der Waals surface area contributed by atoms with Gasteiger partial charge < -0.3 is 10.2 Å². The van der Waals surface area contributed by atoms with Crippen molar-refractivity contribution in [1.82, 2.24) is 20.3 Å². The molecular formula is C26H23N5O2. The number of hydrogen-bond acceptors (Lipinski definition) is 4. The third-order valence-electron chi connectivity index (χ3n) is 5.79. The Labute approximate surface area is 191 Å². The zero-order valence-corrected chi connectivity index (χ0v) is 18.2. The quantitative estimate of drug-likeness (QED) is 0.527. The highest BCUT2D eigenvalue weighted by Crippen LogP contribution is 2.40. The summed E-state index contributed by atoms with van der Waals surface area (Å²) in [5, 5.41) is 11.8. The molecule has 164 valence electrons. The van der Waals surface area contributed by atoms with E-state index in [2.05, 4.69) is 15.6 Å². The Morgan fingerprint density at radius 1 is 0.909 bits per heavy atom. The molecule has 0 aliphatic carbocycles. The lowest BCUT2D eigenvalue weighted by Gasteiger charge is -2.27. The van der Waals surface area contributed by atoms with Crippen LogP contribution in [0.5, 0.6) is 0 Å². The first kappa shape index (κ1) is 20.6. The van der Waals surface area contributed by atoms with Gasteiger partial charge in [-0.1, -0.05) is 78.0 Å². The maximum atomic E-state index is 12.8. The monoisotopic (exact) mass is 437 g/mol. The highest BCUT2D eigenvalue weighted by atomic mass is 16.2. The number of anilines is 1. The van der Waals surface area contributed by atoms with Gasteiger partial charge in [-0.3, -0.25) is 9.59 Å². The molecule has 0 bridgehead atoms. The third kappa shape index (κ3) is 4.01. The number of fused-ring (bicyclic) bond motifs is 5. The minimum atomic E-state index is -0.148. The molecule has 0 spiro atoms. The molecule has 0 saturated carbocycles. The van der Waals surface area contributed by atoms with Crippen LogP contribution in [0.2, 0.25) is 0 Å². The van der Waals surface area contributed by atoms with Crippen molar-refractivity contribution >= 4 is 17.5 Å². The van der Waals surface area contributed by atoms with Crippen molar-refractivity contribution < 1.29 is 9.59 Å². The van der Waals surface area contributed by atoms with Crippen LogP contribution >= 0.6 is 0 Å². The van der Waals surface area contributed by atoms with Gasteiger partial charge in [-0.05, 0) is 17.2 Å². The summed E-state index contributed by atoms with van der Waals surface area (Å²) in [5.74, 6) is -0.196. The molecule has 3 aromatic carbocycles. The van der Waals surface area contributed by atoms with E-state index in [1.807, 2.05) is 78.9 Å². The maximum Gasteiger partial charge on any atom is 0.242 e. The number of amides is 2. The smallest absolute Gasteiger partial charge is 0.242 e. The van der Waals surface area contributed by atoms with Crippen LogP contribution in [0.15, 0.2) is 78.9 Å². The molecule has 2 amide bonds. The third-order valence-corrected chi connectivity index (χ3v) is 5.79. The number of carbonyl (C=O) groups is 2. The molecule has 0 atom stereocenters. The summed E-state index contributed by atoms with van der Waals surface area (Å²) in [6, 6.07) is 25.3. The molecule has 1 aliphatic heterocycles. The fourth-order valence-corrected chi connectivity index (χ4v) is 4.20. The molecule has 1 N–H and O–H groups in total. The van der Waals surface area contributed by atoms with Gasteiger partial charge in [-0.15, -0.1) is 5.10 Å². The summed E-state index contributed by atoms with van der Waals surface area (Å²) in [6.45, 7) is 2.48.